The maximum absolute atomic E-state index is 13.9. The van der Waals surface area contributed by atoms with Gasteiger partial charge in [-0.05, 0) is 57.6 Å². The van der Waals surface area contributed by atoms with E-state index >= 15 is 0 Å². The third kappa shape index (κ3) is 13.4. The van der Waals surface area contributed by atoms with Gasteiger partial charge in [0.05, 0.1) is 47.7 Å². The average Bonchev–Trinajstić information content (AvgIpc) is 2.56. The van der Waals surface area contributed by atoms with Gasteiger partial charge in [0.1, 0.15) is 53.8 Å². The van der Waals surface area contributed by atoms with Crippen LogP contribution in [-0.2, 0) is 54.6 Å². The zero-order chi connectivity index (χ0) is 61.9. The second kappa shape index (κ2) is 26.0. The molecule has 0 atom stereocenters. The molecule has 0 unspecified atom stereocenters. The predicted octanol–water partition coefficient (Wildman–Crippen LogP) is -2.21. The van der Waals surface area contributed by atoms with Crippen molar-refractivity contribution in [1.82, 2.24) is 161 Å². The van der Waals surface area contributed by atoms with Crippen LogP contribution in [0.5, 0.6) is 23.5 Å². The van der Waals surface area contributed by atoms with Gasteiger partial charge in [-0.25, -0.2) is 19.2 Å². The topological polar surface area (TPSA) is 466 Å². The monoisotopic (exact) mass is 1230 g/mol. The Balaban J connectivity index is 0.000000138. The molecule has 0 amide bonds. The summed E-state index contributed by atoms with van der Waals surface area (Å²) in [5, 5.41) is 77.2. The Bertz CT molecular complexity index is 4240. The predicted molar refractivity (Wildman–Crippen MR) is 273 cm³/mol. The third-order valence-electron chi connectivity index (χ3n) is 10.5. The maximum Gasteiger partial charge on any atom is 0.368 e. The molecule has 426 valence electrons. The molecule has 0 bridgehead atoms. The van der Waals surface area contributed by atoms with E-state index in [4.69, 9.17) is 36.2 Å². The average molecular weight is 1240 g/mol. The molecule has 0 spiro atoms. The molecule has 4 N–H and O–H groups in total. The summed E-state index contributed by atoms with van der Waals surface area (Å²) < 4.78 is 73.3. The molecule has 12 aromatic rings. The molecule has 43 heteroatoms. The molecule has 0 aliphatic carbocycles. The normalized spacial score (nSPS) is 11.4. The molecule has 83 heavy (non-hydrogen) atoms. The second-order valence-corrected chi connectivity index (χ2v) is 16.8. The maximum atomic E-state index is 13.9. The highest BCUT2D eigenvalue weighted by atomic mass is 79.9. The fourth-order valence-corrected chi connectivity index (χ4v) is 6.97. The van der Waals surface area contributed by atoms with Crippen molar-refractivity contribution in [2.75, 3.05) is 0 Å². The molecule has 0 aliphatic heterocycles. The smallest absolute Gasteiger partial charge is 0.368 e. The van der Waals surface area contributed by atoms with Gasteiger partial charge < -0.3 is 18.9 Å². The molecular weight excluding hydrogens is 1190 g/mol. The zero-order valence-corrected chi connectivity index (χ0v) is 44.9. The lowest BCUT2D eigenvalue weighted by atomic mass is 10.2. The summed E-state index contributed by atoms with van der Waals surface area (Å²) in [6.07, 6.45) is 12.4. The van der Waals surface area contributed by atoms with Crippen molar-refractivity contribution < 1.29 is 29.0 Å². The summed E-state index contributed by atoms with van der Waals surface area (Å²) in [6.45, 7) is -0.128. The van der Waals surface area contributed by atoms with Gasteiger partial charge in [-0.2, -0.15) is 67.3 Å². The Hall–Kier alpha value is -11.5. The molecule has 0 saturated heterocycles. The highest BCUT2D eigenvalue weighted by molar-refractivity contribution is 9.10. The van der Waals surface area contributed by atoms with Crippen LogP contribution in [0.1, 0.15) is 22.3 Å². The van der Waals surface area contributed by atoms with Crippen LogP contribution in [0.15, 0.2) is 104 Å². The molecule has 12 heterocycles. The molecule has 12 rings (SSSR count). The molecule has 0 radical (unpaired) electrons. The Morgan fingerprint density at radius 3 is 1.24 bits per heavy atom. The Kier molecular flexibility index (Phi) is 16.0. The molecule has 0 aliphatic rings. The Morgan fingerprint density at radius 1 is 0.470 bits per heavy atom. The Morgan fingerprint density at radius 2 is 0.819 bits per heavy atom. The lowest BCUT2D eigenvalue weighted by molar-refractivity contribution is 0.284. The first kappa shape index (κ1) is 51.0. The first-order chi connectivity index (χ1) is 41.8. The van der Waals surface area contributed by atoms with Gasteiger partial charge >= 0.3 is 22.8 Å². The van der Waals surface area contributed by atoms with Crippen molar-refractivity contribution in [3.8, 4) is 46.3 Å². The van der Waals surface area contributed by atoms with Crippen LogP contribution in [0.3, 0.4) is 0 Å². The number of aromatic amines is 4. The van der Waals surface area contributed by atoms with Crippen molar-refractivity contribution >= 4 is 27.5 Å². The lowest BCUT2D eigenvalue weighted by Crippen LogP contribution is -2.24. The van der Waals surface area contributed by atoms with E-state index < -0.39 is 28.7 Å². The minimum Gasteiger partial charge on any atom is -0.472 e. The highest BCUT2D eigenvalue weighted by Crippen LogP contribution is 2.23. The zero-order valence-electron chi connectivity index (χ0n) is 46.5. The van der Waals surface area contributed by atoms with Crippen LogP contribution in [-0.4, -0.2) is 161 Å². The number of ether oxygens (including phenoxy) is 4. The van der Waals surface area contributed by atoms with Gasteiger partial charge in [0, 0.05) is 82.8 Å². The number of nitrogens with zero attached hydrogens (tertiary/aromatic N) is 28. The first-order valence-electron chi connectivity index (χ1n) is 24.6. The van der Waals surface area contributed by atoms with Crippen LogP contribution in [0, 0.1) is 5.95 Å². The number of tetrazole rings is 4. The van der Waals surface area contributed by atoms with Crippen LogP contribution in [0.4, 0.5) is 4.39 Å². The van der Waals surface area contributed by atoms with Crippen molar-refractivity contribution in [2.24, 2.45) is 28.2 Å². The van der Waals surface area contributed by atoms with Crippen LogP contribution < -0.4 is 41.7 Å². The van der Waals surface area contributed by atoms with Gasteiger partial charge in [-0.15, -0.1) is 35.7 Å². The third-order valence-corrected chi connectivity index (χ3v) is 11.4. The van der Waals surface area contributed by atoms with E-state index in [-0.39, 0.29) is 60.5 Å². The van der Waals surface area contributed by atoms with Gasteiger partial charge in [-0.3, -0.25) is 20.4 Å². The van der Waals surface area contributed by atoms with Crippen molar-refractivity contribution in [3.05, 3.63) is 160 Å². The minimum atomic E-state index is -0.902. The molecule has 40 nitrogen and oxygen atoms in total. The Labute approximate surface area is 476 Å². The van der Waals surface area contributed by atoms with E-state index in [2.05, 4.69) is 119 Å². The molecule has 12 aromatic heterocycles. The van der Waals surface area contributed by atoms with E-state index in [0.717, 1.165) is 57.8 Å². The van der Waals surface area contributed by atoms with E-state index in [1.54, 1.807) is 12.1 Å². The second-order valence-electron chi connectivity index (χ2n) is 15.7. The summed E-state index contributed by atoms with van der Waals surface area (Å²) in [7, 11) is 5.87. The quantitative estimate of drug-likeness (QED) is 0.0796. The van der Waals surface area contributed by atoms with Crippen molar-refractivity contribution in [1.29, 1.82) is 0 Å². The van der Waals surface area contributed by atoms with Gasteiger partial charge in [-0.1, -0.05) is 11.6 Å². The minimum absolute atomic E-state index is 0.0241. The van der Waals surface area contributed by atoms with Gasteiger partial charge in [0.25, 0.3) is 0 Å². The molecule has 0 saturated carbocycles. The number of H-pyrrole nitrogens is 4. The lowest BCUT2D eigenvalue weighted by Gasteiger charge is -2.08. The van der Waals surface area contributed by atoms with Crippen LogP contribution in [0.25, 0.3) is 22.7 Å². The fourth-order valence-electron chi connectivity index (χ4n) is 6.36. The largest absolute Gasteiger partial charge is 0.472 e. The fraction of sp³-hybridized carbons (Fsp3) is 0.200. The van der Waals surface area contributed by atoms with Gasteiger partial charge in [0.2, 0.25) is 29.5 Å². The number of halogens is 3. The van der Waals surface area contributed by atoms with Crippen LogP contribution in [0.2, 0.25) is 10.8 Å². The first-order valence-corrected chi connectivity index (χ1v) is 24.0. The standard InChI is InChI=1S/C10H9BrN8O2.C10H9ClN8O2.C10H9FN8O2.C10H10N8O2/c3*1-18-10(20)19(17-16-18)7-4-13-15-9(11)6(7)5-21-8-2-3-12-14-8;1-17-10(19)18(16-15-17)8-5-13-12-4-7(8)6-20-9-2-3-11-14-9/h3*2-4H,5H2,1H3,(H,12,14);2-5H,6H2,1H3,(H,11,14)/i/hT4. The SMILES string of the molecule is [3H]n1ccc(OCc2c(-n3nnn(C)c3=O)cnnc2Br)n1.[3H]n1ccc(OCc2c(-n3nnn(C)c3=O)cnnc2Cl)n1.[3H]n1ccc(OCc2c(-n3nnn(C)c3=O)cnnc2F)n1.[3H]n1ccc(OCc2cnncc2-n2nnn(C)c2=O)n1. The number of aryl methyl sites for hydroxylation is 4. The van der Waals surface area contributed by atoms with Gasteiger partial charge in [0.15, 0.2) is 10.8 Å². The molecular formula is C40H37BrClFN32O8. The summed E-state index contributed by atoms with van der Waals surface area (Å²) in [5.41, 5.74) is 0.860. The van der Waals surface area contributed by atoms with E-state index in [0.29, 0.717) is 44.2 Å². The van der Waals surface area contributed by atoms with Crippen molar-refractivity contribution in [2.45, 2.75) is 26.4 Å². The molecule has 0 aromatic carbocycles. The number of rotatable bonds is 16. The number of nitrogens with one attached hydrogen (secondary N) is 4. The highest BCUT2D eigenvalue weighted by Gasteiger charge is 2.20. The summed E-state index contributed by atoms with van der Waals surface area (Å²) in [6, 6.07) is 6.05. The summed E-state index contributed by atoms with van der Waals surface area (Å²) in [5.74, 6) is 0.0275. The number of aromatic nitrogens is 32. The van der Waals surface area contributed by atoms with Crippen molar-refractivity contribution in [3.63, 3.8) is 0 Å². The number of hydrogen-bond donors (Lipinski definition) is 4. The summed E-state index contributed by atoms with van der Waals surface area (Å²) >= 11 is 9.29. The van der Waals surface area contributed by atoms with E-state index in [1.165, 1.54) is 96.1 Å². The number of hydrogen-bond acceptors (Lipinski definition) is 28. The molecule has 0 fully saturated rings. The van der Waals surface area contributed by atoms with Crippen LogP contribution >= 0.6 is 27.5 Å². The van der Waals surface area contributed by atoms with E-state index in [1.807, 2.05) is 0 Å². The summed E-state index contributed by atoms with van der Waals surface area (Å²) in [4.78, 5) is 47.6. The van der Waals surface area contributed by atoms with E-state index in [9.17, 15) is 23.6 Å².